The van der Waals surface area contributed by atoms with Gasteiger partial charge < -0.3 is 20.3 Å². The van der Waals surface area contributed by atoms with Gasteiger partial charge in [0.15, 0.2) is 0 Å². The Morgan fingerprint density at radius 2 is 1.85 bits per heavy atom. The summed E-state index contributed by atoms with van der Waals surface area (Å²) in [6, 6.07) is 14.2. The molecule has 0 atom stereocenters. The smallest absolute Gasteiger partial charge is 0.253 e. The lowest BCUT2D eigenvalue weighted by Gasteiger charge is -2.12. The molecule has 2 aromatic rings. The predicted molar refractivity (Wildman–Crippen MR) is 104 cm³/mol. The fourth-order valence-electron chi connectivity index (χ4n) is 2.23. The van der Waals surface area contributed by atoms with E-state index in [0.29, 0.717) is 23.6 Å². The topological polar surface area (TPSA) is 70.7 Å². The van der Waals surface area contributed by atoms with Crippen molar-refractivity contribution in [1.82, 2.24) is 4.90 Å². The molecule has 6 heteroatoms. The molecule has 0 aliphatic carbocycles. The molecule has 0 aliphatic rings. The molecule has 2 N–H and O–H groups in total. The first-order chi connectivity index (χ1) is 12.5. The third kappa shape index (κ3) is 5.66. The first-order valence-electron chi connectivity index (χ1n) is 8.19. The Kier molecular flexibility index (Phi) is 6.79. The van der Waals surface area contributed by atoms with Crippen LogP contribution in [0.15, 0.2) is 61.2 Å². The fourth-order valence-corrected chi connectivity index (χ4v) is 2.23. The quantitative estimate of drug-likeness (QED) is 0.716. The maximum Gasteiger partial charge on any atom is 0.253 e. The van der Waals surface area contributed by atoms with Crippen LogP contribution in [0.3, 0.4) is 0 Å². The zero-order valence-electron chi connectivity index (χ0n) is 15.0. The number of amides is 2. The molecule has 0 unspecified atom stereocenters. The third-order valence-corrected chi connectivity index (χ3v) is 3.45. The molecule has 0 radical (unpaired) electrons. The zero-order chi connectivity index (χ0) is 18.9. The van der Waals surface area contributed by atoms with Gasteiger partial charge in [-0.1, -0.05) is 24.8 Å². The Morgan fingerprint density at radius 1 is 1.12 bits per heavy atom. The summed E-state index contributed by atoms with van der Waals surface area (Å²) < 4.78 is 5.46. The molecule has 0 aromatic heterocycles. The highest BCUT2D eigenvalue weighted by Crippen LogP contribution is 2.17. The van der Waals surface area contributed by atoms with Gasteiger partial charge in [-0.15, -0.1) is 0 Å². The van der Waals surface area contributed by atoms with Crippen molar-refractivity contribution in [3.8, 4) is 5.75 Å². The molecule has 0 aliphatic heterocycles. The van der Waals surface area contributed by atoms with Gasteiger partial charge in [0, 0.05) is 37.1 Å². The summed E-state index contributed by atoms with van der Waals surface area (Å²) in [6.45, 7) is 4.12. The number of carbonyl (C=O) groups is 2. The van der Waals surface area contributed by atoms with E-state index in [9.17, 15) is 9.59 Å². The summed E-state index contributed by atoms with van der Waals surface area (Å²) in [5, 5.41) is 5.82. The van der Waals surface area contributed by atoms with Gasteiger partial charge in [-0.25, -0.2) is 0 Å². The van der Waals surface area contributed by atoms with E-state index >= 15 is 0 Å². The Morgan fingerprint density at radius 3 is 2.58 bits per heavy atom. The minimum absolute atomic E-state index is 0.0940. The van der Waals surface area contributed by atoms with Gasteiger partial charge in [-0.3, -0.25) is 9.59 Å². The number of hydrogen-bond donors (Lipinski definition) is 2. The molecule has 0 fully saturated rings. The number of benzene rings is 2. The van der Waals surface area contributed by atoms with Crippen LogP contribution in [-0.2, 0) is 4.79 Å². The SMILES string of the molecule is C=CCOc1cccc(NCC(=O)Nc2cccc(C(=O)N(C)C)c2)c1. The molecular weight excluding hydrogens is 330 g/mol. The first-order valence-corrected chi connectivity index (χ1v) is 8.19. The van der Waals surface area contributed by atoms with Crippen LogP contribution in [0, 0.1) is 0 Å². The Balaban J connectivity index is 1.92. The maximum absolute atomic E-state index is 12.1. The molecule has 2 rings (SSSR count). The normalized spacial score (nSPS) is 9.92. The van der Waals surface area contributed by atoms with Gasteiger partial charge in [0.1, 0.15) is 12.4 Å². The summed E-state index contributed by atoms with van der Waals surface area (Å²) in [6.07, 6.45) is 1.67. The van der Waals surface area contributed by atoms with E-state index in [2.05, 4.69) is 17.2 Å². The molecule has 136 valence electrons. The van der Waals surface area contributed by atoms with E-state index < -0.39 is 0 Å². The second-order valence-electron chi connectivity index (χ2n) is 5.81. The number of hydrogen-bond acceptors (Lipinski definition) is 4. The van der Waals surface area contributed by atoms with Crippen molar-refractivity contribution in [3.63, 3.8) is 0 Å². The molecule has 26 heavy (non-hydrogen) atoms. The Hall–Kier alpha value is -3.28. The lowest BCUT2D eigenvalue weighted by molar-refractivity contribution is -0.114. The number of carbonyl (C=O) groups excluding carboxylic acids is 2. The van der Waals surface area contributed by atoms with E-state index in [0.717, 1.165) is 5.69 Å². The molecule has 0 saturated heterocycles. The van der Waals surface area contributed by atoms with Gasteiger partial charge in [0.2, 0.25) is 5.91 Å². The van der Waals surface area contributed by atoms with Crippen LogP contribution in [0.1, 0.15) is 10.4 Å². The van der Waals surface area contributed by atoms with Crippen molar-refractivity contribution >= 4 is 23.2 Å². The van der Waals surface area contributed by atoms with Gasteiger partial charge in [-0.05, 0) is 30.3 Å². The monoisotopic (exact) mass is 353 g/mol. The van der Waals surface area contributed by atoms with Gasteiger partial charge >= 0.3 is 0 Å². The van der Waals surface area contributed by atoms with E-state index in [4.69, 9.17) is 4.74 Å². The Bertz CT molecular complexity index is 787. The highest BCUT2D eigenvalue weighted by Gasteiger charge is 2.09. The van der Waals surface area contributed by atoms with Gasteiger partial charge in [-0.2, -0.15) is 0 Å². The summed E-state index contributed by atoms with van der Waals surface area (Å²) in [4.78, 5) is 25.6. The average molecular weight is 353 g/mol. The molecule has 0 bridgehead atoms. The molecule has 2 aromatic carbocycles. The molecular formula is C20H23N3O3. The molecule has 6 nitrogen and oxygen atoms in total. The Labute approximate surface area is 153 Å². The number of rotatable bonds is 8. The van der Waals surface area contributed by atoms with Crippen LogP contribution in [0.25, 0.3) is 0 Å². The van der Waals surface area contributed by atoms with Crippen LogP contribution in [0.5, 0.6) is 5.75 Å². The summed E-state index contributed by atoms with van der Waals surface area (Å²) >= 11 is 0. The van der Waals surface area contributed by atoms with Crippen LogP contribution >= 0.6 is 0 Å². The van der Waals surface area contributed by atoms with Crippen molar-refractivity contribution < 1.29 is 14.3 Å². The van der Waals surface area contributed by atoms with E-state index in [1.807, 2.05) is 24.3 Å². The molecule has 0 saturated carbocycles. The zero-order valence-corrected chi connectivity index (χ0v) is 15.0. The van der Waals surface area contributed by atoms with Gasteiger partial charge in [0.25, 0.3) is 5.91 Å². The highest BCUT2D eigenvalue weighted by atomic mass is 16.5. The van der Waals surface area contributed by atoms with Crippen LogP contribution < -0.4 is 15.4 Å². The van der Waals surface area contributed by atoms with E-state index in [1.54, 1.807) is 44.4 Å². The summed E-state index contributed by atoms with van der Waals surface area (Å²) in [7, 11) is 3.37. The largest absolute Gasteiger partial charge is 0.489 e. The second kappa shape index (κ2) is 9.27. The lowest BCUT2D eigenvalue weighted by Crippen LogP contribution is -2.23. The van der Waals surface area contributed by atoms with Crippen molar-refractivity contribution in [3.05, 3.63) is 66.7 Å². The summed E-state index contributed by atoms with van der Waals surface area (Å²) in [5.41, 5.74) is 1.87. The van der Waals surface area contributed by atoms with Crippen LogP contribution in [-0.4, -0.2) is 44.0 Å². The van der Waals surface area contributed by atoms with Crippen LogP contribution in [0.4, 0.5) is 11.4 Å². The standard InChI is InChI=1S/C20H23N3O3/c1-4-11-26-18-10-6-8-16(13-18)21-14-19(24)22-17-9-5-7-15(12-17)20(25)23(2)3/h4-10,12-13,21H,1,11,14H2,2-3H3,(H,22,24). The number of ether oxygens (including phenoxy) is 1. The maximum atomic E-state index is 12.1. The molecule has 2 amide bonds. The minimum Gasteiger partial charge on any atom is -0.489 e. The van der Waals surface area contributed by atoms with Crippen molar-refractivity contribution in [1.29, 1.82) is 0 Å². The van der Waals surface area contributed by atoms with Crippen molar-refractivity contribution in [2.24, 2.45) is 0 Å². The van der Waals surface area contributed by atoms with Crippen molar-refractivity contribution in [2.45, 2.75) is 0 Å². The lowest BCUT2D eigenvalue weighted by atomic mass is 10.2. The average Bonchev–Trinajstić information content (AvgIpc) is 2.64. The van der Waals surface area contributed by atoms with Crippen LogP contribution in [0.2, 0.25) is 0 Å². The fraction of sp³-hybridized carbons (Fsp3) is 0.200. The third-order valence-electron chi connectivity index (χ3n) is 3.45. The van der Waals surface area contributed by atoms with E-state index in [1.165, 1.54) is 4.90 Å². The molecule has 0 heterocycles. The number of nitrogens with one attached hydrogen (secondary N) is 2. The second-order valence-corrected chi connectivity index (χ2v) is 5.81. The summed E-state index contributed by atoms with van der Waals surface area (Å²) in [5.74, 6) is 0.373. The van der Waals surface area contributed by atoms with Gasteiger partial charge in [0.05, 0.1) is 6.54 Å². The van der Waals surface area contributed by atoms with E-state index in [-0.39, 0.29) is 18.4 Å². The first kappa shape index (κ1) is 19.1. The predicted octanol–water partition coefficient (Wildman–Crippen LogP) is 3.00. The minimum atomic E-state index is -0.211. The number of anilines is 2. The van der Waals surface area contributed by atoms with Crippen molar-refractivity contribution in [2.75, 3.05) is 37.9 Å². The highest BCUT2D eigenvalue weighted by molar-refractivity contribution is 5.97. The molecule has 0 spiro atoms. The number of nitrogens with zero attached hydrogens (tertiary/aromatic N) is 1.